The third-order valence-electron chi connectivity index (χ3n) is 2.82. The molecule has 4 N–H and O–H groups in total. The van der Waals surface area contributed by atoms with Gasteiger partial charge in [0.05, 0.1) is 5.52 Å². The number of benzene rings is 1. The Morgan fingerprint density at radius 3 is 2.63 bits per heavy atom. The molecular weight excluding hydrogens is 244 g/mol. The van der Waals surface area contributed by atoms with Crippen molar-refractivity contribution in [1.29, 1.82) is 0 Å². The van der Waals surface area contributed by atoms with E-state index >= 15 is 0 Å². The fourth-order valence-electron chi connectivity index (χ4n) is 2.02. The van der Waals surface area contributed by atoms with Crippen LogP contribution >= 0.6 is 0 Å². The van der Waals surface area contributed by atoms with Gasteiger partial charge in [-0.05, 0) is 11.6 Å². The number of phenolic OH excluding ortho intramolecular Hbond substituents is 1. The van der Waals surface area contributed by atoms with Crippen LogP contribution in [0, 0.1) is 0 Å². The second-order valence-corrected chi connectivity index (χ2v) is 4.09. The van der Waals surface area contributed by atoms with Crippen LogP contribution in [-0.2, 0) is 18.3 Å². The zero-order chi connectivity index (χ0) is 14.6. The second kappa shape index (κ2) is 6.24. The third kappa shape index (κ3) is 3.06. The van der Waals surface area contributed by atoms with Gasteiger partial charge in [-0.15, -0.1) is 0 Å². The minimum atomic E-state index is -1.03. The molecule has 0 saturated heterocycles. The van der Waals surface area contributed by atoms with E-state index in [1.165, 1.54) is 0 Å². The zero-order valence-electron chi connectivity index (χ0n) is 11.4. The van der Waals surface area contributed by atoms with Gasteiger partial charge in [-0.25, -0.2) is 0 Å². The minimum Gasteiger partial charge on any atom is -0.506 e. The zero-order valence-corrected chi connectivity index (χ0v) is 11.4. The lowest BCUT2D eigenvalue weighted by atomic mass is 10.1. The lowest BCUT2D eigenvalue weighted by Crippen LogP contribution is -2.32. The van der Waals surface area contributed by atoms with E-state index in [4.69, 9.17) is 10.8 Å². The molecule has 2 aromatic rings. The number of aromatic nitrogens is 1. The first-order chi connectivity index (χ1) is 9.00. The molecule has 19 heavy (non-hydrogen) atoms. The Morgan fingerprint density at radius 1 is 1.42 bits per heavy atom. The third-order valence-corrected chi connectivity index (χ3v) is 2.82. The van der Waals surface area contributed by atoms with Crippen molar-refractivity contribution in [3.8, 4) is 5.75 Å². The molecule has 0 saturated carbocycles. The molecule has 1 heterocycles. The maximum absolute atomic E-state index is 10.7. The quantitative estimate of drug-likeness (QED) is 0.789. The highest BCUT2D eigenvalue weighted by Gasteiger charge is 2.16. The molecule has 1 unspecified atom stereocenters. The van der Waals surface area contributed by atoms with Crippen LogP contribution in [0.15, 0.2) is 24.4 Å². The van der Waals surface area contributed by atoms with Gasteiger partial charge in [-0.1, -0.05) is 26.0 Å². The summed E-state index contributed by atoms with van der Waals surface area (Å²) in [7, 11) is 1.80. The summed E-state index contributed by atoms with van der Waals surface area (Å²) < 4.78 is 1.77. The number of aliphatic carboxylic acids is 1. The fourth-order valence-corrected chi connectivity index (χ4v) is 2.02. The topological polar surface area (TPSA) is 88.5 Å². The van der Waals surface area contributed by atoms with Gasteiger partial charge in [0, 0.05) is 25.1 Å². The number of para-hydroxylation sites is 1. The number of phenols is 1. The number of nitrogens with two attached hydrogens (primary N) is 1. The highest BCUT2D eigenvalue weighted by Crippen LogP contribution is 2.28. The summed E-state index contributed by atoms with van der Waals surface area (Å²) in [4.78, 5) is 10.7. The smallest absolute Gasteiger partial charge is 0.320 e. The Balaban J connectivity index is 0.000000861. The number of carboxylic acids is 1. The first kappa shape index (κ1) is 15.0. The van der Waals surface area contributed by atoms with Crippen LogP contribution in [0.2, 0.25) is 0 Å². The molecule has 5 heteroatoms. The SMILES string of the molecule is CC.Cn1cc(CC(N)C(=O)O)c2cccc(O)c21. The van der Waals surface area contributed by atoms with Crippen molar-refractivity contribution in [2.45, 2.75) is 26.3 Å². The Kier molecular flexibility index (Phi) is 4.94. The highest BCUT2D eigenvalue weighted by molar-refractivity contribution is 5.89. The van der Waals surface area contributed by atoms with Crippen LogP contribution in [0.5, 0.6) is 5.75 Å². The van der Waals surface area contributed by atoms with Crippen molar-refractivity contribution in [2.24, 2.45) is 12.8 Å². The lowest BCUT2D eigenvalue weighted by Gasteiger charge is -2.04. The average Bonchev–Trinajstić information content (AvgIpc) is 2.70. The van der Waals surface area contributed by atoms with Crippen molar-refractivity contribution in [3.05, 3.63) is 30.0 Å². The van der Waals surface area contributed by atoms with Gasteiger partial charge in [0.1, 0.15) is 11.8 Å². The molecule has 0 spiro atoms. The van der Waals surface area contributed by atoms with E-state index < -0.39 is 12.0 Å². The van der Waals surface area contributed by atoms with Crippen molar-refractivity contribution in [2.75, 3.05) is 0 Å². The summed E-state index contributed by atoms with van der Waals surface area (Å²) >= 11 is 0. The van der Waals surface area contributed by atoms with Crippen LogP contribution in [0.25, 0.3) is 10.9 Å². The highest BCUT2D eigenvalue weighted by atomic mass is 16.4. The average molecular weight is 264 g/mol. The van der Waals surface area contributed by atoms with Gasteiger partial charge in [0.25, 0.3) is 0 Å². The normalized spacial score (nSPS) is 11.8. The summed E-state index contributed by atoms with van der Waals surface area (Å²) in [5.74, 6) is -0.845. The number of carbonyl (C=O) groups is 1. The molecule has 0 fully saturated rings. The van der Waals surface area contributed by atoms with Crippen LogP contribution in [0.3, 0.4) is 0 Å². The Morgan fingerprint density at radius 2 is 2.05 bits per heavy atom. The number of fused-ring (bicyclic) bond motifs is 1. The molecule has 2 rings (SSSR count). The first-order valence-corrected chi connectivity index (χ1v) is 6.25. The molecule has 0 aliphatic heterocycles. The van der Waals surface area contributed by atoms with E-state index in [1.807, 2.05) is 19.9 Å². The number of hydrogen-bond donors (Lipinski definition) is 3. The summed E-state index contributed by atoms with van der Waals surface area (Å²) in [6.07, 6.45) is 2.04. The Bertz CT molecular complexity index is 575. The van der Waals surface area contributed by atoms with Gasteiger partial charge in [0.15, 0.2) is 0 Å². The molecule has 1 aromatic carbocycles. The van der Waals surface area contributed by atoms with Gasteiger partial charge < -0.3 is 20.5 Å². The Hall–Kier alpha value is -2.01. The lowest BCUT2D eigenvalue weighted by molar-refractivity contribution is -0.138. The summed E-state index contributed by atoms with van der Waals surface area (Å²) in [6, 6.07) is 4.25. The summed E-state index contributed by atoms with van der Waals surface area (Å²) in [6.45, 7) is 4.00. The monoisotopic (exact) mass is 264 g/mol. The second-order valence-electron chi connectivity index (χ2n) is 4.09. The van der Waals surface area contributed by atoms with Crippen LogP contribution in [-0.4, -0.2) is 26.8 Å². The van der Waals surface area contributed by atoms with Crippen molar-refractivity contribution in [1.82, 2.24) is 4.57 Å². The van der Waals surface area contributed by atoms with E-state index in [0.717, 1.165) is 10.9 Å². The van der Waals surface area contributed by atoms with Crippen molar-refractivity contribution < 1.29 is 15.0 Å². The number of rotatable bonds is 3. The molecule has 1 aromatic heterocycles. The molecular formula is C14H20N2O3. The maximum Gasteiger partial charge on any atom is 0.320 e. The van der Waals surface area contributed by atoms with E-state index in [1.54, 1.807) is 29.9 Å². The number of aryl methyl sites for hydroxylation is 1. The van der Waals surface area contributed by atoms with E-state index in [-0.39, 0.29) is 12.2 Å². The van der Waals surface area contributed by atoms with Crippen LogP contribution < -0.4 is 5.73 Å². The van der Waals surface area contributed by atoms with E-state index in [9.17, 15) is 9.90 Å². The molecule has 104 valence electrons. The summed E-state index contributed by atoms with van der Waals surface area (Å²) in [5.41, 5.74) is 7.04. The van der Waals surface area contributed by atoms with Crippen LogP contribution in [0.1, 0.15) is 19.4 Å². The molecule has 0 aliphatic rings. The molecule has 0 amide bonds. The molecule has 0 bridgehead atoms. The van der Waals surface area contributed by atoms with Crippen molar-refractivity contribution >= 4 is 16.9 Å². The Labute approximate surface area is 112 Å². The first-order valence-electron chi connectivity index (χ1n) is 6.25. The van der Waals surface area contributed by atoms with Crippen LogP contribution in [0.4, 0.5) is 0 Å². The summed E-state index contributed by atoms with van der Waals surface area (Å²) in [5, 5.41) is 19.4. The molecule has 0 aliphatic carbocycles. The maximum atomic E-state index is 10.7. The van der Waals surface area contributed by atoms with Gasteiger partial charge >= 0.3 is 5.97 Å². The van der Waals surface area contributed by atoms with Crippen molar-refractivity contribution in [3.63, 3.8) is 0 Å². The van der Waals surface area contributed by atoms with E-state index in [2.05, 4.69) is 0 Å². The number of aromatic hydroxyl groups is 1. The fraction of sp³-hybridized carbons (Fsp3) is 0.357. The van der Waals surface area contributed by atoms with Gasteiger partial charge in [-0.3, -0.25) is 4.79 Å². The largest absolute Gasteiger partial charge is 0.506 e. The minimum absolute atomic E-state index is 0.181. The predicted molar refractivity (Wildman–Crippen MR) is 75.2 cm³/mol. The van der Waals surface area contributed by atoms with Gasteiger partial charge in [-0.2, -0.15) is 0 Å². The number of carboxylic acid groups (broad SMARTS) is 1. The number of nitrogens with zero attached hydrogens (tertiary/aromatic N) is 1. The van der Waals surface area contributed by atoms with E-state index in [0.29, 0.717) is 5.52 Å². The predicted octanol–water partition coefficient (Wildman–Crippen LogP) is 1.86. The molecule has 0 radical (unpaired) electrons. The molecule has 1 atom stereocenters. The molecule has 5 nitrogen and oxygen atoms in total. The van der Waals surface area contributed by atoms with Gasteiger partial charge in [0.2, 0.25) is 0 Å². The number of hydrogen-bond acceptors (Lipinski definition) is 3. The standard InChI is InChI=1S/C12H14N2O3.C2H6/c1-14-6-7(5-9(13)12(16)17)8-3-2-4-10(15)11(8)14;1-2/h2-4,6,9,15H,5,13H2,1H3,(H,16,17);1-2H3.